The van der Waals surface area contributed by atoms with Gasteiger partial charge in [0.15, 0.2) is 0 Å². The third-order valence-electron chi connectivity index (χ3n) is 5.04. The number of carbonyl (C=O) groups excluding carboxylic acids is 1. The molecule has 1 saturated carbocycles. The highest BCUT2D eigenvalue weighted by atomic mass is 32.2. The van der Waals surface area contributed by atoms with Gasteiger partial charge >= 0.3 is 0 Å². The molecule has 0 radical (unpaired) electrons. The SMILES string of the molecule is Cc1ccccc1NS(=O)(=O)c1ccc(C(=O)N(C)C(C)C2CC2)cc1. The van der Waals surface area contributed by atoms with E-state index in [1.807, 2.05) is 19.1 Å². The predicted molar refractivity (Wildman–Crippen MR) is 103 cm³/mol. The topological polar surface area (TPSA) is 66.5 Å². The van der Waals surface area contributed by atoms with Crippen LogP contribution in [-0.2, 0) is 10.0 Å². The summed E-state index contributed by atoms with van der Waals surface area (Å²) in [5.74, 6) is 0.502. The average molecular weight is 372 g/mol. The molecule has 1 amide bonds. The van der Waals surface area contributed by atoms with Crippen molar-refractivity contribution in [2.75, 3.05) is 11.8 Å². The van der Waals surface area contributed by atoms with Gasteiger partial charge in [-0.15, -0.1) is 0 Å². The second-order valence-corrected chi connectivity index (χ2v) is 8.62. The van der Waals surface area contributed by atoms with Gasteiger partial charge in [-0.3, -0.25) is 9.52 Å². The van der Waals surface area contributed by atoms with E-state index in [2.05, 4.69) is 11.6 Å². The highest BCUT2D eigenvalue weighted by Crippen LogP contribution is 2.35. The lowest BCUT2D eigenvalue weighted by atomic mass is 10.1. The van der Waals surface area contributed by atoms with Crippen LogP contribution >= 0.6 is 0 Å². The molecule has 1 atom stereocenters. The van der Waals surface area contributed by atoms with E-state index in [1.165, 1.54) is 25.0 Å². The van der Waals surface area contributed by atoms with Crippen molar-refractivity contribution >= 4 is 21.6 Å². The first kappa shape index (κ1) is 18.5. The number of carbonyl (C=O) groups is 1. The van der Waals surface area contributed by atoms with E-state index >= 15 is 0 Å². The van der Waals surface area contributed by atoms with Gasteiger partial charge in [0.05, 0.1) is 10.6 Å². The van der Waals surface area contributed by atoms with E-state index in [4.69, 9.17) is 0 Å². The summed E-state index contributed by atoms with van der Waals surface area (Å²) in [5, 5.41) is 0. The van der Waals surface area contributed by atoms with E-state index in [0.29, 0.717) is 17.2 Å². The minimum atomic E-state index is -3.69. The summed E-state index contributed by atoms with van der Waals surface area (Å²) in [6.45, 7) is 3.90. The van der Waals surface area contributed by atoms with Crippen molar-refractivity contribution in [1.29, 1.82) is 0 Å². The fourth-order valence-corrected chi connectivity index (χ4v) is 4.08. The Morgan fingerprint density at radius 2 is 1.73 bits per heavy atom. The maximum atomic E-state index is 12.6. The van der Waals surface area contributed by atoms with Gasteiger partial charge in [0.1, 0.15) is 0 Å². The third kappa shape index (κ3) is 3.90. The van der Waals surface area contributed by atoms with Crippen LogP contribution in [0, 0.1) is 12.8 Å². The first-order valence-electron chi connectivity index (χ1n) is 8.75. The molecule has 1 aliphatic carbocycles. The number of aryl methyl sites for hydroxylation is 1. The molecule has 1 fully saturated rings. The molecule has 2 aromatic rings. The van der Waals surface area contributed by atoms with E-state index < -0.39 is 10.0 Å². The normalized spacial score (nSPS) is 15.3. The minimum Gasteiger partial charge on any atom is -0.339 e. The van der Waals surface area contributed by atoms with Crippen LogP contribution in [-0.4, -0.2) is 32.3 Å². The number of sulfonamides is 1. The van der Waals surface area contributed by atoms with Crippen molar-refractivity contribution in [1.82, 2.24) is 4.90 Å². The Morgan fingerprint density at radius 3 is 2.31 bits per heavy atom. The Hall–Kier alpha value is -2.34. The molecule has 0 bridgehead atoms. The van der Waals surface area contributed by atoms with Gasteiger partial charge in [-0.25, -0.2) is 8.42 Å². The van der Waals surface area contributed by atoms with Crippen molar-refractivity contribution in [3.63, 3.8) is 0 Å². The van der Waals surface area contributed by atoms with Gasteiger partial charge in [-0.05, 0) is 68.5 Å². The summed E-state index contributed by atoms with van der Waals surface area (Å²) in [6.07, 6.45) is 2.33. The Morgan fingerprint density at radius 1 is 1.12 bits per heavy atom. The first-order chi connectivity index (χ1) is 12.3. The molecule has 1 aliphatic rings. The molecule has 0 spiro atoms. The van der Waals surface area contributed by atoms with Crippen molar-refractivity contribution in [3.05, 3.63) is 59.7 Å². The minimum absolute atomic E-state index is 0.0831. The van der Waals surface area contributed by atoms with Crippen LogP contribution in [0.1, 0.15) is 35.7 Å². The zero-order chi connectivity index (χ0) is 18.9. The van der Waals surface area contributed by atoms with Gasteiger partial charge in [0.2, 0.25) is 0 Å². The number of amides is 1. The second-order valence-electron chi connectivity index (χ2n) is 6.94. The van der Waals surface area contributed by atoms with Crippen LogP contribution < -0.4 is 4.72 Å². The Bertz CT molecular complexity index is 903. The number of anilines is 1. The lowest BCUT2D eigenvalue weighted by Crippen LogP contribution is -2.36. The number of rotatable bonds is 6. The summed E-state index contributed by atoms with van der Waals surface area (Å²) in [4.78, 5) is 14.5. The molecule has 3 rings (SSSR count). The molecule has 0 aromatic heterocycles. The summed E-state index contributed by atoms with van der Waals surface area (Å²) in [5.41, 5.74) is 1.89. The standard InChI is InChI=1S/C20H24N2O3S/c1-14-6-4-5-7-19(14)21-26(24,25)18-12-10-17(11-13-18)20(23)22(3)15(2)16-8-9-16/h4-7,10-13,15-16,21H,8-9H2,1-3H3. The van der Waals surface area contributed by atoms with E-state index in [0.717, 1.165) is 5.56 Å². The number of para-hydroxylation sites is 1. The molecule has 0 heterocycles. The van der Waals surface area contributed by atoms with Crippen LogP contribution in [0.4, 0.5) is 5.69 Å². The Balaban J connectivity index is 1.76. The van der Waals surface area contributed by atoms with Gasteiger partial charge < -0.3 is 4.90 Å². The van der Waals surface area contributed by atoms with Crippen molar-refractivity contribution in [2.45, 2.75) is 37.6 Å². The van der Waals surface area contributed by atoms with Crippen LogP contribution in [0.5, 0.6) is 0 Å². The fourth-order valence-electron chi connectivity index (χ4n) is 2.95. The number of benzene rings is 2. The maximum absolute atomic E-state index is 12.6. The van der Waals surface area contributed by atoms with Gasteiger partial charge in [-0.2, -0.15) is 0 Å². The molecule has 1 unspecified atom stereocenters. The van der Waals surface area contributed by atoms with E-state index in [9.17, 15) is 13.2 Å². The average Bonchev–Trinajstić information content (AvgIpc) is 3.47. The van der Waals surface area contributed by atoms with Crippen LogP contribution in [0.25, 0.3) is 0 Å². The molecule has 138 valence electrons. The fraction of sp³-hybridized carbons (Fsp3) is 0.350. The molecular formula is C20H24N2O3S. The molecule has 2 aromatic carbocycles. The lowest BCUT2D eigenvalue weighted by molar-refractivity contribution is 0.0727. The summed E-state index contributed by atoms with van der Waals surface area (Å²) >= 11 is 0. The van der Waals surface area contributed by atoms with Gasteiger partial charge in [0, 0.05) is 18.7 Å². The van der Waals surface area contributed by atoms with Crippen LogP contribution in [0.3, 0.4) is 0 Å². The van der Waals surface area contributed by atoms with E-state index in [1.54, 1.807) is 36.2 Å². The molecule has 26 heavy (non-hydrogen) atoms. The first-order valence-corrected chi connectivity index (χ1v) is 10.2. The Labute approximate surface area is 155 Å². The van der Waals surface area contributed by atoms with Crippen molar-refractivity contribution < 1.29 is 13.2 Å². The number of hydrogen-bond donors (Lipinski definition) is 1. The van der Waals surface area contributed by atoms with E-state index in [-0.39, 0.29) is 16.8 Å². The third-order valence-corrected chi connectivity index (χ3v) is 6.42. The van der Waals surface area contributed by atoms with Crippen LogP contribution in [0.15, 0.2) is 53.4 Å². The highest BCUT2D eigenvalue weighted by molar-refractivity contribution is 7.92. The maximum Gasteiger partial charge on any atom is 0.261 e. The zero-order valence-electron chi connectivity index (χ0n) is 15.3. The van der Waals surface area contributed by atoms with Gasteiger partial charge in [0.25, 0.3) is 15.9 Å². The molecule has 0 aliphatic heterocycles. The molecule has 5 nitrogen and oxygen atoms in total. The van der Waals surface area contributed by atoms with Crippen LogP contribution in [0.2, 0.25) is 0 Å². The number of nitrogens with one attached hydrogen (secondary N) is 1. The van der Waals surface area contributed by atoms with Crippen molar-refractivity contribution in [3.8, 4) is 0 Å². The highest BCUT2D eigenvalue weighted by Gasteiger charge is 2.32. The lowest BCUT2D eigenvalue weighted by Gasteiger charge is -2.25. The molecule has 6 heteroatoms. The summed E-state index contributed by atoms with van der Waals surface area (Å²) in [7, 11) is -1.89. The molecule has 1 N–H and O–H groups in total. The smallest absolute Gasteiger partial charge is 0.261 e. The Kier molecular flexibility index (Phi) is 5.05. The zero-order valence-corrected chi connectivity index (χ0v) is 16.1. The second kappa shape index (κ2) is 7.11. The molecular weight excluding hydrogens is 348 g/mol. The predicted octanol–water partition coefficient (Wildman–Crippen LogP) is 3.67. The van der Waals surface area contributed by atoms with Crippen molar-refractivity contribution in [2.24, 2.45) is 5.92 Å². The largest absolute Gasteiger partial charge is 0.339 e. The van der Waals surface area contributed by atoms with Gasteiger partial charge in [-0.1, -0.05) is 18.2 Å². The quantitative estimate of drug-likeness (QED) is 0.841. The number of hydrogen-bond acceptors (Lipinski definition) is 3. The summed E-state index contributed by atoms with van der Waals surface area (Å²) in [6, 6.07) is 13.5. The number of nitrogens with zero attached hydrogens (tertiary/aromatic N) is 1. The molecule has 0 saturated heterocycles. The monoisotopic (exact) mass is 372 g/mol. The summed E-state index contributed by atoms with van der Waals surface area (Å²) < 4.78 is 27.7.